The number of fused-ring (bicyclic) bond motifs is 4. The molecule has 4 aromatic rings. The molecule has 3 atom stereocenters. The van der Waals surface area contributed by atoms with E-state index in [4.69, 9.17) is 9.47 Å². The molecule has 6 rings (SSSR count). The molecule has 0 radical (unpaired) electrons. The summed E-state index contributed by atoms with van der Waals surface area (Å²) in [5, 5.41) is 7.63. The Bertz CT molecular complexity index is 1420. The minimum Gasteiger partial charge on any atom is -0.493 e. The molecule has 2 unspecified atom stereocenters. The van der Waals surface area contributed by atoms with Crippen LogP contribution in [-0.2, 0) is 4.79 Å². The molecular weight excluding hydrogens is 460 g/mol. The van der Waals surface area contributed by atoms with Crippen molar-refractivity contribution in [2.75, 3.05) is 12.4 Å². The van der Waals surface area contributed by atoms with Gasteiger partial charge in [-0.05, 0) is 53.9 Å². The van der Waals surface area contributed by atoms with Gasteiger partial charge in [-0.25, -0.2) is 9.97 Å². The van der Waals surface area contributed by atoms with Crippen LogP contribution in [0.5, 0.6) is 11.5 Å². The van der Waals surface area contributed by atoms with Crippen molar-refractivity contribution in [3.8, 4) is 11.5 Å². The number of benzene rings is 2. The number of piperidine rings is 1. The van der Waals surface area contributed by atoms with Crippen molar-refractivity contribution in [3.05, 3.63) is 60.8 Å². The summed E-state index contributed by atoms with van der Waals surface area (Å²) in [5.74, 6) is 2.04. The Morgan fingerprint density at radius 3 is 2.74 bits per heavy atom. The number of carbonyl (C=O) groups is 1. The van der Waals surface area contributed by atoms with Gasteiger partial charge in [-0.1, -0.05) is 12.6 Å². The van der Waals surface area contributed by atoms with E-state index in [0.29, 0.717) is 17.3 Å². The fourth-order valence-electron chi connectivity index (χ4n) is 5.45. The summed E-state index contributed by atoms with van der Waals surface area (Å²) in [6, 6.07) is 12.7. The lowest BCUT2D eigenvalue weighted by atomic mass is 9.99. The number of hydrogen-bond acceptors (Lipinski definition) is 7. The fourth-order valence-corrected chi connectivity index (χ4v) is 6.28. The lowest BCUT2D eigenvalue weighted by Gasteiger charge is -2.38. The summed E-state index contributed by atoms with van der Waals surface area (Å²) >= 11 is 1.71. The van der Waals surface area contributed by atoms with Crippen LogP contribution < -0.4 is 14.8 Å². The minimum absolute atomic E-state index is 0.00925. The highest BCUT2D eigenvalue weighted by Crippen LogP contribution is 2.41. The molecule has 0 spiro atoms. The van der Waals surface area contributed by atoms with Crippen LogP contribution in [0.3, 0.4) is 0 Å². The molecule has 4 heterocycles. The molecule has 178 valence electrons. The SMILES string of the molecule is C=CC(=O)N1C2CC[C@@H]1CC(Oc1cc3c(Nc4ccc5ccsc5c4)ncnc3cc1OC)C2. The van der Waals surface area contributed by atoms with E-state index in [1.54, 1.807) is 24.8 Å². The number of amides is 1. The van der Waals surface area contributed by atoms with E-state index < -0.39 is 0 Å². The Labute approximate surface area is 207 Å². The standard InChI is InChI=1S/C27H26N4O3S/c1-3-26(32)31-18-6-7-19(31)12-20(11-18)34-24-13-21-22(14-23(24)33-2)28-15-29-27(21)30-17-5-4-16-8-9-35-25(16)10-17/h3-5,8-10,13-15,18-20H,1,6-7,11-12H2,2H3,(H,28,29,30)/t18-,19?,20?/m1/s1. The Balaban J connectivity index is 1.30. The van der Waals surface area contributed by atoms with Gasteiger partial charge in [-0.2, -0.15) is 0 Å². The van der Waals surface area contributed by atoms with Crippen LogP contribution in [0, 0.1) is 0 Å². The highest BCUT2D eigenvalue weighted by Gasteiger charge is 2.43. The molecule has 7 nitrogen and oxygen atoms in total. The zero-order chi connectivity index (χ0) is 23.9. The van der Waals surface area contributed by atoms with Gasteiger partial charge < -0.3 is 19.7 Å². The zero-order valence-electron chi connectivity index (χ0n) is 19.4. The van der Waals surface area contributed by atoms with Crippen molar-refractivity contribution >= 4 is 49.7 Å². The highest BCUT2D eigenvalue weighted by atomic mass is 32.1. The fraction of sp³-hybridized carbons (Fsp3) is 0.296. The van der Waals surface area contributed by atoms with Gasteiger partial charge in [0.1, 0.15) is 18.2 Å². The summed E-state index contributed by atoms with van der Waals surface area (Å²) in [6.07, 6.45) is 6.60. The number of rotatable bonds is 6. The Kier molecular flexibility index (Phi) is 5.53. The van der Waals surface area contributed by atoms with E-state index in [1.165, 1.54) is 16.2 Å². The maximum atomic E-state index is 12.3. The normalized spacial score (nSPS) is 21.3. The summed E-state index contributed by atoms with van der Waals surface area (Å²) in [6.45, 7) is 3.66. The predicted molar refractivity (Wildman–Crippen MR) is 139 cm³/mol. The van der Waals surface area contributed by atoms with Gasteiger partial charge in [0.15, 0.2) is 11.5 Å². The molecule has 0 saturated carbocycles. The number of carbonyl (C=O) groups excluding carboxylic acids is 1. The van der Waals surface area contributed by atoms with Gasteiger partial charge in [0.25, 0.3) is 0 Å². The molecule has 35 heavy (non-hydrogen) atoms. The average molecular weight is 487 g/mol. The smallest absolute Gasteiger partial charge is 0.246 e. The molecule has 2 saturated heterocycles. The average Bonchev–Trinajstić information content (AvgIpc) is 3.45. The number of anilines is 2. The molecule has 2 aliphatic rings. The molecule has 1 amide bonds. The van der Waals surface area contributed by atoms with E-state index in [2.05, 4.69) is 51.5 Å². The number of aromatic nitrogens is 2. The molecule has 0 aliphatic carbocycles. The van der Waals surface area contributed by atoms with Crippen LogP contribution in [0.1, 0.15) is 25.7 Å². The molecule has 2 fully saturated rings. The number of ether oxygens (including phenoxy) is 2. The number of methoxy groups -OCH3 is 1. The summed E-state index contributed by atoms with van der Waals surface area (Å²) in [7, 11) is 1.64. The van der Waals surface area contributed by atoms with Crippen LogP contribution in [0.2, 0.25) is 0 Å². The molecule has 2 aliphatic heterocycles. The molecule has 2 aromatic carbocycles. The third-order valence-electron chi connectivity index (χ3n) is 7.05. The molecule has 2 bridgehead atoms. The summed E-state index contributed by atoms with van der Waals surface area (Å²) in [4.78, 5) is 23.3. The van der Waals surface area contributed by atoms with Crippen molar-refractivity contribution < 1.29 is 14.3 Å². The third kappa shape index (κ3) is 3.97. The number of nitrogens with one attached hydrogen (secondary N) is 1. The van der Waals surface area contributed by atoms with E-state index in [9.17, 15) is 4.79 Å². The number of nitrogens with zero attached hydrogens (tertiary/aromatic N) is 3. The first-order chi connectivity index (χ1) is 17.1. The van der Waals surface area contributed by atoms with Crippen LogP contribution in [0.25, 0.3) is 21.0 Å². The van der Waals surface area contributed by atoms with Crippen molar-refractivity contribution in [3.63, 3.8) is 0 Å². The minimum atomic E-state index is 0.00925. The lowest BCUT2D eigenvalue weighted by Crippen LogP contribution is -2.48. The molecule has 8 heteroatoms. The zero-order valence-corrected chi connectivity index (χ0v) is 20.3. The van der Waals surface area contributed by atoms with Gasteiger partial charge in [0, 0.05) is 46.8 Å². The van der Waals surface area contributed by atoms with Gasteiger partial charge in [0.05, 0.1) is 12.6 Å². The Hall–Kier alpha value is -3.65. The number of thiophene rings is 1. The van der Waals surface area contributed by atoms with Crippen molar-refractivity contribution in [1.82, 2.24) is 14.9 Å². The van der Waals surface area contributed by atoms with Crippen LogP contribution in [-0.4, -0.2) is 46.1 Å². The van der Waals surface area contributed by atoms with E-state index in [1.807, 2.05) is 17.0 Å². The third-order valence-corrected chi connectivity index (χ3v) is 7.93. The topological polar surface area (TPSA) is 76.6 Å². The largest absolute Gasteiger partial charge is 0.493 e. The lowest BCUT2D eigenvalue weighted by molar-refractivity contribution is -0.131. The second-order valence-electron chi connectivity index (χ2n) is 9.09. The maximum Gasteiger partial charge on any atom is 0.246 e. The van der Waals surface area contributed by atoms with Crippen LogP contribution in [0.15, 0.2) is 60.8 Å². The van der Waals surface area contributed by atoms with Crippen molar-refractivity contribution in [2.24, 2.45) is 0 Å². The van der Waals surface area contributed by atoms with Gasteiger partial charge in [-0.3, -0.25) is 4.79 Å². The maximum absolute atomic E-state index is 12.3. The second-order valence-corrected chi connectivity index (χ2v) is 10.0. The van der Waals surface area contributed by atoms with Gasteiger partial charge >= 0.3 is 0 Å². The Morgan fingerprint density at radius 1 is 1.14 bits per heavy atom. The molecule has 1 N–H and O–H groups in total. The first kappa shape index (κ1) is 21.9. The first-order valence-electron chi connectivity index (χ1n) is 11.8. The molecule has 2 aromatic heterocycles. The Morgan fingerprint density at radius 2 is 1.97 bits per heavy atom. The van der Waals surface area contributed by atoms with E-state index in [-0.39, 0.29) is 24.1 Å². The summed E-state index contributed by atoms with van der Waals surface area (Å²) in [5.41, 5.74) is 1.74. The highest BCUT2D eigenvalue weighted by molar-refractivity contribution is 7.17. The number of hydrogen-bond donors (Lipinski definition) is 1. The quantitative estimate of drug-likeness (QED) is 0.353. The van der Waals surface area contributed by atoms with Crippen molar-refractivity contribution in [2.45, 2.75) is 43.9 Å². The second kappa shape index (κ2) is 8.85. The van der Waals surface area contributed by atoms with Crippen LogP contribution in [0.4, 0.5) is 11.5 Å². The summed E-state index contributed by atoms with van der Waals surface area (Å²) < 4.78 is 13.4. The van der Waals surface area contributed by atoms with Gasteiger partial charge in [0.2, 0.25) is 5.91 Å². The monoisotopic (exact) mass is 486 g/mol. The van der Waals surface area contributed by atoms with Crippen molar-refractivity contribution in [1.29, 1.82) is 0 Å². The predicted octanol–water partition coefficient (Wildman–Crippen LogP) is 5.68. The van der Waals surface area contributed by atoms with E-state index >= 15 is 0 Å². The molecular formula is C27H26N4O3S. The van der Waals surface area contributed by atoms with Crippen LogP contribution >= 0.6 is 11.3 Å². The van der Waals surface area contributed by atoms with Gasteiger partial charge in [-0.15, -0.1) is 11.3 Å². The first-order valence-corrected chi connectivity index (χ1v) is 12.7. The van der Waals surface area contributed by atoms with E-state index in [0.717, 1.165) is 42.3 Å².